The molecule has 84 valence electrons. The molecule has 0 atom stereocenters. The number of aromatic nitrogens is 4. The Kier molecular flexibility index (Phi) is 3.51. The summed E-state index contributed by atoms with van der Waals surface area (Å²) in [7, 11) is 1.86. The van der Waals surface area contributed by atoms with Gasteiger partial charge in [0, 0.05) is 20.0 Å². The molecule has 0 aromatic carbocycles. The van der Waals surface area contributed by atoms with E-state index in [0.717, 1.165) is 29.2 Å². The molecule has 2 aromatic heterocycles. The number of anilines is 1. The van der Waals surface area contributed by atoms with Gasteiger partial charge in [-0.2, -0.15) is 5.10 Å². The second-order valence-electron chi connectivity index (χ2n) is 3.36. The molecule has 0 unspecified atom stereocenters. The third kappa shape index (κ3) is 3.03. The zero-order chi connectivity index (χ0) is 11.4. The maximum absolute atomic E-state index is 4.27. The standard InChI is InChI=1S/C10H12BrN5/c1-16-7-13-10(15-16)5-6-12-9-4-2-3-8(11)14-9/h2-4,7H,5-6H2,1H3,(H,12,14). The lowest BCUT2D eigenvalue weighted by Gasteiger charge is -2.03. The lowest BCUT2D eigenvalue weighted by atomic mass is 10.4. The summed E-state index contributed by atoms with van der Waals surface area (Å²) < 4.78 is 2.53. The summed E-state index contributed by atoms with van der Waals surface area (Å²) in [5, 5.41) is 7.41. The number of hydrogen-bond donors (Lipinski definition) is 1. The fraction of sp³-hybridized carbons (Fsp3) is 0.300. The molecule has 6 heteroatoms. The van der Waals surface area contributed by atoms with E-state index < -0.39 is 0 Å². The van der Waals surface area contributed by atoms with Gasteiger partial charge in [0.05, 0.1) is 0 Å². The average molecular weight is 282 g/mol. The minimum atomic E-state index is 0.771. The molecule has 0 radical (unpaired) electrons. The molecule has 0 saturated carbocycles. The van der Waals surface area contributed by atoms with Crippen LogP contribution in [-0.2, 0) is 13.5 Å². The fourth-order valence-corrected chi connectivity index (χ4v) is 1.65. The number of pyridine rings is 1. The van der Waals surface area contributed by atoms with Crippen molar-refractivity contribution in [3.8, 4) is 0 Å². The van der Waals surface area contributed by atoms with Crippen LogP contribution in [0.2, 0.25) is 0 Å². The molecule has 0 amide bonds. The summed E-state index contributed by atoms with van der Waals surface area (Å²) in [6.45, 7) is 0.771. The minimum Gasteiger partial charge on any atom is -0.370 e. The highest BCUT2D eigenvalue weighted by Gasteiger charge is 1.99. The second-order valence-corrected chi connectivity index (χ2v) is 4.17. The first-order chi connectivity index (χ1) is 7.74. The monoisotopic (exact) mass is 281 g/mol. The van der Waals surface area contributed by atoms with Crippen LogP contribution in [0, 0.1) is 0 Å². The number of nitrogens with one attached hydrogen (secondary N) is 1. The lowest BCUT2D eigenvalue weighted by molar-refractivity contribution is 0.742. The SMILES string of the molecule is Cn1cnc(CCNc2cccc(Br)n2)n1. The Bertz CT molecular complexity index is 468. The van der Waals surface area contributed by atoms with Crippen LogP contribution in [0.5, 0.6) is 0 Å². The zero-order valence-electron chi connectivity index (χ0n) is 8.89. The van der Waals surface area contributed by atoms with Gasteiger partial charge in [-0.3, -0.25) is 4.68 Å². The molecule has 16 heavy (non-hydrogen) atoms. The summed E-state index contributed by atoms with van der Waals surface area (Å²) in [6.07, 6.45) is 2.49. The Morgan fingerprint density at radius 2 is 2.31 bits per heavy atom. The Morgan fingerprint density at radius 3 is 3.00 bits per heavy atom. The number of hydrogen-bond acceptors (Lipinski definition) is 4. The highest BCUT2D eigenvalue weighted by molar-refractivity contribution is 9.10. The average Bonchev–Trinajstić information content (AvgIpc) is 2.64. The quantitative estimate of drug-likeness (QED) is 0.866. The smallest absolute Gasteiger partial charge is 0.152 e. The third-order valence-electron chi connectivity index (χ3n) is 2.02. The van der Waals surface area contributed by atoms with Gasteiger partial charge < -0.3 is 5.32 Å². The van der Waals surface area contributed by atoms with Crippen molar-refractivity contribution in [2.75, 3.05) is 11.9 Å². The topological polar surface area (TPSA) is 55.6 Å². The van der Waals surface area contributed by atoms with Gasteiger partial charge in [-0.05, 0) is 28.1 Å². The molecular formula is C10H12BrN5. The van der Waals surface area contributed by atoms with Crippen molar-refractivity contribution in [3.05, 3.63) is 35.0 Å². The van der Waals surface area contributed by atoms with Gasteiger partial charge in [-0.15, -0.1) is 0 Å². The second kappa shape index (κ2) is 5.07. The van der Waals surface area contributed by atoms with Crippen molar-refractivity contribution in [1.82, 2.24) is 19.7 Å². The Morgan fingerprint density at radius 1 is 1.44 bits per heavy atom. The van der Waals surface area contributed by atoms with Crippen LogP contribution in [0.25, 0.3) is 0 Å². The highest BCUT2D eigenvalue weighted by Crippen LogP contribution is 2.09. The Hall–Kier alpha value is -1.43. The lowest BCUT2D eigenvalue weighted by Crippen LogP contribution is -2.07. The molecule has 0 aliphatic rings. The predicted octanol–water partition coefficient (Wildman–Crippen LogP) is 1.63. The van der Waals surface area contributed by atoms with Gasteiger partial charge >= 0.3 is 0 Å². The van der Waals surface area contributed by atoms with Crippen LogP contribution in [0.4, 0.5) is 5.82 Å². The van der Waals surface area contributed by atoms with Crippen LogP contribution in [0.1, 0.15) is 5.82 Å². The Balaban J connectivity index is 1.84. The minimum absolute atomic E-state index is 0.771. The van der Waals surface area contributed by atoms with Crippen LogP contribution < -0.4 is 5.32 Å². The van der Waals surface area contributed by atoms with Crippen LogP contribution in [0.3, 0.4) is 0 Å². The van der Waals surface area contributed by atoms with Crippen molar-refractivity contribution in [3.63, 3.8) is 0 Å². The first-order valence-electron chi connectivity index (χ1n) is 4.95. The normalized spacial score (nSPS) is 10.4. The molecule has 0 fully saturated rings. The summed E-state index contributed by atoms with van der Waals surface area (Å²) in [5.41, 5.74) is 0. The van der Waals surface area contributed by atoms with E-state index in [4.69, 9.17) is 0 Å². The molecular weight excluding hydrogens is 270 g/mol. The van der Waals surface area contributed by atoms with E-state index in [1.807, 2.05) is 25.2 Å². The third-order valence-corrected chi connectivity index (χ3v) is 2.46. The molecule has 2 rings (SSSR count). The molecule has 2 heterocycles. The van der Waals surface area contributed by atoms with E-state index in [-0.39, 0.29) is 0 Å². The molecule has 0 saturated heterocycles. The molecule has 0 aliphatic heterocycles. The zero-order valence-corrected chi connectivity index (χ0v) is 10.5. The molecule has 5 nitrogen and oxygen atoms in total. The van der Waals surface area contributed by atoms with Gasteiger partial charge in [-0.25, -0.2) is 9.97 Å². The van der Waals surface area contributed by atoms with Crippen molar-refractivity contribution >= 4 is 21.7 Å². The van der Waals surface area contributed by atoms with E-state index in [1.54, 1.807) is 11.0 Å². The van der Waals surface area contributed by atoms with Crippen molar-refractivity contribution in [2.24, 2.45) is 7.05 Å². The van der Waals surface area contributed by atoms with Crippen LogP contribution in [-0.4, -0.2) is 26.3 Å². The van der Waals surface area contributed by atoms with Gasteiger partial charge in [0.2, 0.25) is 0 Å². The van der Waals surface area contributed by atoms with E-state index >= 15 is 0 Å². The summed E-state index contributed by atoms with van der Waals surface area (Å²) >= 11 is 3.32. The highest BCUT2D eigenvalue weighted by atomic mass is 79.9. The summed E-state index contributed by atoms with van der Waals surface area (Å²) in [5.74, 6) is 1.69. The molecule has 2 aromatic rings. The van der Waals surface area contributed by atoms with Gasteiger partial charge in [0.1, 0.15) is 16.7 Å². The van der Waals surface area contributed by atoms with Crippen LogP contribution >= 0.6 is 15.9 Å². The van der Waals surface area contributed by atoms with Gasteiger partial charge in [-0.1, -0.05) is 6.07 Å². The van der Waals surface area contributed by atoms with E-state index in [9.17, 15) is 0 Å². The number of halogens is 1. The molecule has 0 bridgehead atoms. The summed E-state index contributed by atoms with van der Waals surface area (Å²) in [4.78, 5) is 8.42. The van der Waals surface area contributed by atoms with Crippen molar-refractivity contribution in [2.45, 2.75) is 6.42 Å². The number of rotatable bonds is 4. The first kappa shape index (κ1) is 11.1. The number of aryl methyl sites for hydroxylation is 1. The summed E-state index contributed by atoms with van der Waals surface area (Å²) in [6, 6.07) is 5.76. The van der Waals surface area contributed by atoms with E-state index in [1.165, 1.54) is 0 Å². The molecule has 1 N–H and O–H groups in total. The number of nitrogens with zero attached hydrogens (tertiary/aromatic N) is 4. The van der Waals surface area contributed by atoms with Gasteiger partial charge in [0.25, 0.3) is 0 Å². The van der Waals surface area contributed by atoms with Gasteiger partial charge in [0.15, 0.2) is 5.82 Å². The fourth-order valence-electron chi connectivity index (χ4n) is 1.31. The Labute approximate surface area is 102 Å². The predicted molar refractivity (Wildman–Crippen MR) is 65.1 cm³/mol. The van der Waals surface area contributed by atoms with Crippen molar-refractivity contribution < 1.29 is 0 Å². The van der Waals surface area contributed by atoms with Crippen molar-refractivity contribution in [1.29, 1.82) is 0 Å². The molecule has 0 aliphatic carbocycles. The maximum atomic E-state index is 4.27. The first-order valence-corrected chi connectivity index (χ1v) is 5.74. The molecule has 0 spiro atoms. The maximum Gasteiger partial charge on any atom is 0.152 e. The van der Waals surface area contributed by atoms with E-state index in [2.05, 4.69) is 36.3 Å². The van der Waals surface area contributed by atoms with E-state index in [0.29, 0.717) is 0 Å². The largest absolute Gasteiger partial charge is 0.370 e. The van der Waals surface area contributed by atoms with Crippen LogP contribution in [0.15, 0.2) is 29.1 Å².